The first-order valence-electron chi connectivity index (χ1n) is 8.62. The third-order valence-electron chi connectivity index (χ3n) is 4.43. The Labute approximate surface area is 156 Å². The Hall–Kier alpha value is -3.00. The second kappa shape index (κ2) is 8.59. The highest BCUT2D eigenvalue weighted by molar-refractivity contribution is 6.04. The standard InChI is InChI=1S/C19H21FN4O3/c1-27-18(25)13-23-8-10-24(11-9-23)16-4-2-15(3-5-16)22-19(26)14-6-7-21-17(20)12-14/h2-7,12H,8-11,13H2,1H3,(H,22,26). The Kier molecular flexibility index (Phi) is 5.97. The van der Waals surface area contributed by atoms with Crippen LogP contribution < -0.4 is 10.2 Å². The van der Waals surface area contributed by atoms with Gasteiger partial charge in [-0.2, -0.15) is 4.39 Å². The first-order valence-corrected chi connectivity index (χ1v) is 8.62. The summed E-state index contributed by atoms with van der Waals surface area (Å²) in [4.78, 5) is 31.2. The van der Waals surface area contributed by atoms with Gasteiger partial charge in [0.15, 0.2) is 0 Å². The average molecular weight is 372 g/mol. The second-order valence-corrected chi connectivity index (χ2v) is 6.21. The summed E-state index contributed by atoms with van der Waals surface area (Å²) in [5, 5.41) is 2.74. The van der Waals surface area contributed by atoms with Gasteiger partial charge in [0.25, 0.3) is 5.91 Å². The lowest BCUT2D eigenvalue weighted by molar-refractivity contribution is -0.142. The van der Waals surface area contributed by atoms with Crippen molar-refractivity contribution in [1.82, 2.24) is 9.88 Å². The predicted octanol–water partition coefficient (Wildman–Crippen LogP) is 1.77. The van der Waals surface area contributed by atoms with E-state index >= 15 is 0 Å². The summed E-state index contributed by atoms with van der Waals surface area (Å²) < 4.78 is 17.8. The molecule has 0 atom stereocenters. The summed E-state index contributed by atoms with van der Waals surface area (Å²) in [5.41, 5.74) is 1.89. The fourth-order valence-corrected chi connectivity index (χ4v) is 2.91. The third-order valence-corrected chi connectivity index (χ3v) is 4.43. The number of carbonyl (C=O) groups excluding carboxylic acids is 2. The molecule has 1 amide bonds. The number of pyridine rings is 1. The van der Waals surface area contributed by atoms with Gasteiger partial charge in [0.1, 0.15) is 0 Å². The Balaban J connectivity index is 1.55. The zero-order valence-electron chi connectivity index (χ0n) is 15.0. The molecular formula is C19H21FN4O3. The van der Waals surface area contributed by atoms with E-state index in [0.29, 0.717) is 12.2 Å². The van der Waals surface area contributed by atoms with E-state index in [2.05, 4.69) is 20.1 Å². The van der Waals surface area contributed by atoms with Crippen molar-refractivity contribution in [2.45, 2.75) is 0 Å². The van der Waals surface area contributed by atoms with E-state index in [1.54, 1.807) is 0 Å². The van der Waals surface area contributed by atoms with Crippen molar-refractivity contribution in [2.75, 3.05) is 50.1 Å². The number of anilines is 2. The van der Waals surface area contributed by atoms with Crippen LogP contribution >= 0.6 is 0 Å². The van der Waals surface area contributed by atoms with Crippen LogP contribution in [-0.4, -0.2) is 61.6 Å². The van der Waals surface area contributed by atoms with E-state index in [0.717, 1.165) is 37.9 Å². The highest BCUT2D eigenvalue weighted by atomic mass is 19.1. The van der Waals surface area contributed by atoms with Crippen LogP contribution in [0.4, 0.5) is 15.8 Å². The lowest BCUT2D eigenvalue weighted by Gasteiger charge is -2.35. The number of benzene rings is 1. The lowest BCUT2D eigenvalue weighted by atomic mass is 10.2. The number of aromatic nitrogens is 1. The molecule has 3 rings (SSSR count). The molecule has 0 bridgehead atoms. The summed E-state index contributed by atoms with van der Waals surface area (Å²) in [6.07, 6.45) is 1.26. The van der Waals surface area contributed by atoms with Gasteiger partial charge in [-0.3, -0.25) is 14.5 Å². The van der Waals surface area contributed by atoms with Gasteiger partial charge >= 0.3 is 5.97 Å². The molecule has 1 aliphatic heterocycles. The van der Waals surface area contributed by atoms with E-state index in [1.165, 1.54) is 19.4 Å². The van der Waals surface area contributed by atoms with Crippen LogP contribution in [0.3, 0.4) is 0 Å². The molecule has 1 aliphatic rings. The number of esters is 1. The van der Waals surface area contributed by atoms with Crippen molar-refractivity contribution in [3.63, 3.8) is 0 Å². The number of nitrogens with zero attached hydrogens (tertiary/aromatic N) is 3. The predicted molar refractivity (Wildman–Crippen MR) is 99.3 cm³/mol. The minimum Gasteiger partial charge on any atom is -0.468 e. The van der Waals surface area contributed by atoms with E-state index < -0.39 is 5.95 Å². The van der Waals surface area contributed by atoms with E-state index in [9.17, 15) is 14.0 Å². The van der Waals surface area contributed by atoms with Gasteiger partial charge in [-0.15, -0.1) is 0 Å². The van der Waals surface area contributed by atoms with Crippen LogP contribution in [0.2, 0.25) is 0 Å². The Morgan fingerprint density at radius 3 is 2.48 bits per heavy atom. The molecule has 1 aromatic heterocycles. The molecule has 142 valence electrons. The van der Waals surface area contributed by atoms with Crippen LogP contribution in [0, 0.1) is 5.95 Å². The Bertz CT molecular complexity index is 805. The third kappa shape index (κ3) is 5.01. The molecule has 27 heavy (non-hydrogen) atoms. The quantitative estimate of drug-likeness (QED) is 0.637. The number of amides is 1. The fraction of sp³-hybridized carbons (Fsp3) is 0.316. The van der Waals surface area contributed by atoms with E-state index in [1.807, 2.05) is 24.3 Å². The summed E-state index contributed by atoms with van der Waals surface area (Å²) in [7, 11) is 1.39. The molecule has 2 aromatic rings. The van der Waals surface area contributed by atoms with Crippen LogP contribution in [-0.2, 0) is 9.53 Å². The molecule has 0 radical (unpaired) electrons. The molecule has 0 saturated carbocycles. The largest absolute Gasteiger partial charge is 0.468 e. The number of methoxy groups -OCH3 is 1. The molecular weight excluding hydrogens is 351 g/mol. The number of rotatable bonds is 5. The highest BCUT2D eigenvalue weighted by Gasteiger charge is 2.19. The number of hydrogen-bond donors (Lipinski definition) is 1. The Morgan fingerprint density at radius 1 is 1.15 bits per heavy atom. The topological polar surface area (TPSA) is 74.8 Å². The lowest BCUT2D eigenvalue weighted by Crippen LogP contribution is -2.48. The minimum absolute atomic E-state index is 0.216. The number of ether oxygens (including phenoxy) is 1. The minimum atomic E-state index is -0.690. The molecule has 1 saturated heterocycles. The SMILES string of the molecule is COC(=O)CN1CCN(c2ccc(NC(=O)c3ccnc(F)c3)cc2)CC1. The van der Waals surface area contributed by atoms with Crippen molar-refractivity contribution in [3.8, 4) is 0 Å². The first-order chi connectivity index (χ1) is 13.0. The first kappa shape index (κ1) is 18.8. The number of halogens is 1. The van der Waals surface area contributed by atoms with Gasteiger partial charge in [0.2, 0.25) is 5.95 Å². The maximum Gasteiger partial charge on any atom is 0.319 e. The molecule has 0 unspecified atom stereocenters. The van der Waals surface area contributed by atoms with Crippen molar-refractivity contribution in [1.29, 1.82) is 0 Å². The van der Waals surface area contributed by atoms with Crippen LogP contribution in [0.25, 0.3) is 0 Å². The zero-order chi connectivity index (χ0) is 19.2. The van der Waals surface area contributed by atoms with Gasteiger partial charge in [-0.05, 0) is 30.3 Å². The average Bonchev–Trinajstić information content (AvgIpc) is 2.69. The molecule has 0 spiro atoms. The molecule has 1 N–H and O–H groups in total. The second-order valence-electron chi connectivity index (χ2n) is 6.21. The van der Waals surface area contributed by atoms with Crippen molar-refractivity contribution < 1.29 is 18.7 Å². The fourth-order valence-electron chi connectivity index (χ4n) is 2.91. The number of hydrogen-bond acceptors (Lipinski definition) is 6. The van der Waals surface area contributed by atoms with Gasteiger partial charge in [-0.25, -0.2) is 4.98 Å². The van der Waals surface area contributed by atoms with E-state index in [-0.39, 0.29) is 17.4 Å². The summed E-state index contributed by atoms with van der Waals surface area (Å²) in [6, 6.07) is 10.0. The number of nitrogens with one attached hydrogen (secondary N) is 1. The molecule has 0 aliphatic carbocycles. The van der Waals surface area contributed by atoms with Crippen LogP contribution in [0.1, 0.15) is 10.4 Å². The normalized spacial score (nSPS) is 14.7. The molecule has 1 aromatic carbocycles. The zero-order valence-corrected chi connectivity index (χ0v) is 15.0. The molecule has 7 nitrogen and oxygen atoms in total. The van der Waals surface area contributed by atoms with Crippen molar-refractivity contribution >= 4 is 23.3 Å². The van der Waals surface area contributed by atoms with Gasteiger partial charge in [-0.1, -0.05) is 0 Å². The summed E-state index contributed by atoms with van der Waals surface area (Å²) >= 11 is 0. The summed E-state index contributed by atoms with van der Waals surface area (Å²) in [5.74, 6) is -1.30. The van der Waals surface area contributed by atoms with Crippen molar-refractivity contribution in [3.05, 3.63) is 54.1 Å². The number of carbonyl (C=O) groups is 2. The van der Waals surface area contributed by atoms with Crippen LogP contribution in [0.5, 0.6) is 0 Å². The summed E-state index contributed by atoms with van der Waals surface area (Å²) in [6.45, 7) is 3.48. The molecule has 2 heterocycles. The maximum absolute atomic E-state index is 13.1. The van der Waals surface area contributed by atoms with Crippen LogP contribution in [0.15, 0.2) is 42.6 Å². The molecule has 1 fully saturated rings. The van der Waals surface area contributed by atoms with Gasteiger partial charge in [0.05, 0.1) is 13.7 Å². The maximum atomic E-state index is 13.1. The molecule has 8 heteroatoms. The van der Waals surface area contributed by atoms with Gasteiger partial charge in [0, 0.05) is 55.4 Å². The van der Waals surface area contributed by atoms with E-state index in [4.69, 9.17) is 4.74 Å². The smallest absolute Gasteiger partial charge is 0.319 e. The number of piperazine rings is 1. The monoisotopic (exact) mass is 372 g/mol. The van der Waals surface area contributed by atoms with Crippen molar-refractivity contribution in [2.24, 2.45) is 0 Å². The Morgan fingerprint density at radius 2 is 1.85 bits per heavy atom. The van der Waals surface area contributed by atoms with Gasteiger partial charge < -0.3 is 15.0 Å². The highest BCUT2D eigenvalue weighted by Crippen LogP contribution is 2.20.